The lowest BCUT2D eigenvalue weighted by molar-refractivity contribution is -0.209. The van der Waals surface area contributed by atoms with Crippen LogP contribution in [0.2, 0.25) is 0 Å². The first-order valence-electron chi connectivity index (χ1n) is 11.1. The van der Waals surface area contributed by atoms with Crippen LogP contribution in [0.3, 0.4) is 0 Å². The molecule has 0 radical (unpaired) electrons. The Morgan fingerprint density at radius 1 is 1.30 bits per heavy atom. The lowest BCUT2D eigenvalue weighted by Gasteiger charge is -2.63. The zero-order valence-corrected chi connectivity index (χ0v) is 20.3. The summed E-state index contributed by atoms with van der Waals surface area (Å²) < 4.78 is 23.4. The molecule has 3 nitrogen and oxygen atoms in total. The summed E-state index contributed by atoms with van der Waals surface area (Å²) in [5, 5.41) is 0. The molecule has 0 N–H and O–H groups in total. The second kappa shape index (κ2) is 7.40. The second-order valence-corrected chi connectivity index (χ2v) is 12.7. The van der Waals surface area contributed by atoms with Crippen molar-refractivity contribution in [3.8, 4) is 0 Å². The fraction of sp³-hybridized carbons (Fsp3) is 0.750. The minimum atomic E-state index is -1.70. The molecule has 6 heteroatoms. The number of ketones is 1. The lowest BCUT2D eigenvalue weighted by Crippen LogP contribution is -2.68. The lowest BCUT2D eigenvalue weighted by atomic mass is 9.46. The highest BCUT2D eigenvalue weighted by atomic mass is 32.2. The molecule has 7 atom stereocenters. The van der Waals surface area contributed by atoms with E-state index in [4.69, 9.17) is 4.74 Å². The molecular weight excluding hydrogens is 419 g/mol. The molecule has 0 bridgehead atoms. The summed E-state index contributed by atoms with van der Waals surface area (Å²) in [5.74, 6) is 0.569. The number of thioether (sulfide) groups is 2. The van der Waals surface area contributed by atoms with Crippen LogP contribution in [0.5, 0.6) is 0 Å². The van der Waals surface area contributed by atoms with E-state index in [1.54, 1.807) is 12.2 Å². The van der Waals surface area contributed by atoms with Crippen molar-refractivity contribution in [2.75, 3.05) is 12.0 Å². The molecule has 0 aliphatic heterocycles. The van der Waals surface area contributed by atoms with Crippen molar-refractivity contribution in [2.24, 2.45) is 22.7 Å². The molecule has 166 valence electrons. The summed E-state index contributed by atoms with van der Waals surface area (Å²) in [5.41, 5.74) is -1.87. The molecule has 4 rings (SSSR count). The van der Waals surface area contributed by atoms with Gasteiger partial charge in [0, 0.05) is 18.3 Å². The van der Waals surface area contributed by atoms with Crippen molar-refractivity contribution in [2.45, 2.75) is 75.7 Å². The third-order valence-electron chi connectivity index (χ3n) is 8.68. The van der Waals surface area contributed by atoms with Gasteiger partial charge in [-0.3, -0.25) is 9.59 Å². The average Bonchev–Trinajstić information content (AvgIpc) is 2.96. The summed E-state index contributed by atoms with van der Waals surface area (Å²) in [7, 11) is 0. The van der Waals surface area contributed by atoms with Gasteiger partial charge in [-0.1, -0.05) is 25.5 Å². The number of allylic oxidation sites excluding steroid dienone is 4. The van der Waals surface area contributed by atoms with E-state index in [1.165, 1.54) is 13.0 Å². The number of hydrogen-bond acceptors (Lipinski definition) is 5. The van der Waals surface area contributed by atoms with Gasteiger partial charge in [-0.05, 0) is 74.5 Å². The average molecular weight is 453 g/mol. The smallest absolute Gasteiger partial charge is 0.303 e. The maximum absolute atomic E-state index is 17.5. The van der Waals surface area contributed by atoms with Crippen LogP contribution in [-0.2, 0) is 14.3 Å². The summed E-state index contributed by atoms with van der Waals surface area (Å²) in [6, 6.07) is 0. The molecule has 0 aromatic carbocycles. The number of rotatable bonds is 4. The first-order chi connectivity index (χ1) is 14.1. The number of hydrogen-bond donors (Lipinski definition) is 0. The van der Waals surface area contributed by atoms with Gasteiger partial charge >= 0.3 is 5.97 Å². The Balaban J connectivity index is 1.85. The molecule has 4 aliphatic carbocycles. The van der Waals surface area contributed by atoms with E-state index in [0.29, 0.717) is 12.8 Å². The van der Waals surface area contributed by atoms with Crippen molar-refractivity contribution in [1.29, 1.82) is 0 Å². The molecule has 0 heterocycles. The molecule has 3 saturated carbocycles. The monoisotopic (exact) mass is 452 g/mol. The number of ether oxygens (including phenoxy) is 1. The maximum Gasteiger partial charge on any atom is 0.303 e. The first-order valence-corrected chi connectivity index (χ1v) is 13.3. The van der Waals surface area contributed by atoms with E-state index in [-0.39, 0.29) is 27.1 Å². The zero-order valence-electron chi connectivity index (χ0n) is 18.6. The van der Waals surface area contributed by atoms with Gasteiger partial charge in [-0.2, -0.15) is 0 Å². The van der Waals surface area contributed by atoms with Crippen LogP contribution in [0, 0.1) is 22.7 Å². The third-order valence-corrected chi connectivity index (χ3v) is 12.3. The molecule has 0 amide bonds. The van der Waals surface area contributed by atoms with Crippen molar-refractivity contribution in [1.82, 2.24) is 0 Å². The maximum atomic E-state index is 17.5. The van der Waals surface area contributed by atoms with Crippen LogP contribution in [0.15, 0.2) is 23.8 Å². The van der Waals surface area contributed by atoms with Crippen LogP contribution < -0.4 is 0 Å². The standard InChI is InChI=1S/C24H33FO3S2/c1-6-30-23(29-5)12-10-18-19-8-7-16-13-17(27)9-11-21(16,3)24(19,25)20(28-15(2)26)14-22(18,23)4/h9,11,13,18-20H,6-8,10,12,14H2,1-5H3/t18-,19-,20-,21-,22-,23+,24?/m0/s1. The van der Waals surface area contributed by atoms with Gasteiger partial charge in [0.25, 0.3) is 0 Å². The minimum absolute atomic E-state index is 0.0154. The minimum Gasteiger partial charge on any atom is -0.459 e. The predicted molar refractivity (Wildman–Crippen MR) is 122 cm³/mol. The van der Waals surface area contributed by atoms with Crippen LogP contribution in [-0.4, -0.2) is 39.6 Å². The first kappa shape index (κ1) is 22.4. The number of alkyl halides is 1. The molecule has 0 saturated heterocycles. The number of fused-ring (bicyclic) bond motifs is 5. The molecule has 3 fully saturated rings. The fourth-order valence-electron chi connectivity index (χ4n) is 7.31. The largest absolute Gasteiger partial charge is 0.459 e. The third kappa shape index (κ3) is 2.78. The zero-order chi connectivity index (χ0) is 21.9. The number of esters is 1. The van der Waals surface area contributed by atoms with Gasteiger partial charge in [0.15, 0.2) is 11.5 Å². The van der Waals surface area contributed by atoms with Crippen LogP contribution in [0.25, 0.3) is 0 Å². The van der Waals surface area contributed by atoms with Crippen molar-refractivity contribution < 1.29 is 18.7 Å². The van der Waals surface area contributed by atoms with Crippen molar-refractivity contribution in [3.63, 3.8) is 0 Å². The Labute approximate surface area is 188 Å². The van der Waals surface area contributed by atoms with Gasteiger partial charge in [-0.25, -0.2) is 4.39 Å². The Hall–Kier alpha value is -0.750. The van der Waals surface area contributed by atoms with Gasteiger partial charge in [-0.15, -0.1) is 23.5 Å². The Bertz CT molecular complexity index is 825. The van der Waals surface area contributed by atoms with Gasteiger partial charge < -0.3 is 4.74 Å². The quantitative estimate of drug-likeness (QED) is 0.402. The van der Waals surface area contributed by atoms with Crippen molar-refractivity contribution >= 4 is 35.3 Å². The van der Waals surface area contributed by atoms with Gasteiger partial charge in [0.05, 0.1) is 4.08 Å². The molecule has 0 aromatic heterocycles. The molecule has 4 aliphatic rings. The van der Waals surface area contributed by atoms with Gasteiger partial charge in [0.2, 0.25) is 0 Å². The Morgan fingerprint density at radius 2 is 2.03 bits per heavy atom. The second-order valence-electron chi connectivity index (χ2n) is 9.78. The summed E-state index contributed by atoms with van der Waals surface area (Å²) in [6.45, 7) is 7.79. The summed E-state index contributed by atoms with van der Waals surface area (Å²) in [6.07, 6.45) is 10.3. The predicted octanol–water partition coefficient (Wildman–Crippen LogP) is 5.74. The number of halogens is 1. The summed E-state index contributed by atoms with van der Waals surface area (Å²) >= 11 is 3.88. The molecule has 30 heavy (non-hydrogen) atoms. The van der Waals surface area contributed by atoms with E-state index in [9.17, 15) is 9.59 Å². The van der Waals surface area contributed by atoms with Crippen LogP contribution in [0.1, 0.15) is 59.8 Å². The summed E-state index contributed by atoms with van der Waals surface area (Å²) in [4.78, 5) is 24.1. The highest BCUT2D eigenvalue weighted by Gasteiger charge is 2.74. The topological polar surface area (TPSA) is 43.4 Å². The van der Waals surface area contributed by atoms with Gasteiger partial charge in [0.1, 0.15) is 6.10 Å². The molecule has 0 spiro atoms. The van der Waals surface area contributed by atoms with E-state index >= 15 is 4.39 Å². The van der Waals surface area contributed by atoms with Crippen LogP contribution in [0.4, 0.5) is 4.39 Å². The number of carbonyl (C=O) groups excluding carboxylic acids is 2. The van der Waals surface area contributed by atoms with Crippen molar-refractivity contribution in [3.05, 3.63) is 23.8 Å². The van der Waals surface area contributed by atoms with E-state index < -0.39 is 23.2 Å². The normalized spacial score (nSPS) is 47.2. The highest BCUT2D eigenvalue weighted by molar-refractivity contribution is 8.18. The molecular formula is C24H33FO3S2. The molecule has 0 aromatic rings. The van der Waals surface area contributed by atoms with E-state index in [2.05, 4.69) is 20.1 Å². The Morgan fingerprint density at radius 3 is 2.67 bits per heavy atom. The number of carbonyl (C=O) groups is 2. The van der Waals surface area contributed by atoms with Crippen LogP contribution >= 0.6 is 23.5 Å². The molecule has 1 unspecified atom stereocenters. The Kier molecular flexibility index (Phi) is 5.53. The van der Waals surface area contributed by atoms with E-state index in [0.717, 1.165) is 30.6 Å². The fourth-order valence-corrected chi connectivity index (χ4v) is 10.5. The SMILES string of the molecule is CCS[C@]1(SC)CC[C@H]2[C@@H]3CCC4=CC(=O)C=C[C@]4(C)C3(F)[C@@H](OC(C)=O)C[C@@]21C. The highest BCUT2D eigenvalue weighted by Crippen LogP contribution is 2.74. The van der Waals surface area contributed by atoms with E-state index in [1.807, 2.05) is 30.4 Å².